The van der Waals surface area contributed by atoms with Gasteiger partial charge in [-0.3, -0.25) is 4.79 Å². The number of nitrogens with one attached hydrogen (secondary N) is 1. The van der Waals surface area contributed by atoms with Crippen LogP contribution in [0.2, 0.25) is 0 Å². The highest BCUT2D eigenvalue weighted by molar-refractivity contribution is 5.77. The van der Waals surface area contributed by atoms with Crippen LogP contribution in [0.1, 0.15) is 64.7 Å². The molecule has 4 bridgehead atoms. The zero-order chi connectivity index (χ0) is 14.2. The summed E-state index contributed by atoms with van der Waals surface area (Å²) in [6, 6.07) is 1.92. The Hall–Kier alpha value is -1.04. The quantitative estimate of drug-likeness (QED) is 0.835. The largest absolute Gasteiger partial charge is 0.340 e. The number of hydrogen-bond donors (Lipinski definition) is 1. The van der Waals surface area contributed by atoms with Gasteiger partial charge in [-0.25, -0.2) is 0 Å². The standard InChI is InChI=1S/C17H26N2O/c1-2-3-15(11-18)19-16(20)10-17-7-12-4-13(8-17)6-14(5-12)9-17/h12-15H,2-10H2,1H3,(H,19,20). The van der Waals surface area contributed by atoms with Gasteiger partial charge in [-0.15, -0.1) is 0 Å². The molecule has 1 atom stereocenters. The van der Waals surface area contributed by atoms with Gasteiger partial charge in [-0.05, 0) is 68.1 Å². The van der Waals surface area contributed by atoms with E-state index in [1.807, 2.05) is 0 Å². The fourth-order valence-electron chi connectivity index (χ4n) is 5.55. The van der Waals surface area contributed by atoms with Gasteiger partial charge in [-0.1, -0.05) is 13.3 Å². The molecule has 4 aliphatic carbocycles. The topological polar surface area (TPSA) is 52.9 Å². The van der Waals surface area contributed by atoms with E-state index < -0.39 is 0 Å². The summed E-state index contributed by atoms with van der Waals surface area (Å²) in [5, 5.41) is 12.0. The molecule has 0 aromatic carbocycles. The molecule has 0 saturated heterocycles. The maximum atomic E-state index is 12.3. The first kappa shape index (κ1) is 13.9. The van der Waals surface area contributed by atoms with Crippen LogP contribution in [0.4, 0.5) is 0 Å². The van der Waals surface area contributed by atoms with Gasteiger partial charge in [0.2, 0.25) is 5.91 Å². The van der Waals surface area contributed by atoms with Crippen LogP contribution >= 0.6 is 0 Å². The first-order valence-corrected chi connectivity index (χ1v) is 8.31. The lowest BCUT2D eigenvalue weighted by Gasteiger charge is -2.56. The van der Waals surface area contributed by atoms with E-state index in [0.717, 1.165) is 30.6 Å². The van der Waals surface area contributed by atoms with Gasteiger partial charge in [0, 0.05) is 6.42 Å². The third kappa shape index (κ3) is 2.71. The zero-order valence-corrected chi connectivity index (χ0v) is 12.5. The van der Waals surface area contributed by atoms with Crippen molar-refractivity contribution in [2.24, 2.45) is 23.2 Å². The predicted molar refractivity (Wildman–Crippen MR) is 77.7 cm³/mol. The fraction of sp³-hybridized carbons (Fsp3) is 0.882. The van der Waals surface area contributed by atoms with E-state index in [1.165, 1.54) is 38.5 Å². The average molecular weight is 274 g/mol. The highest BCUT2D eigenvalue weighted by Crippen LogP contribution is 2.61. The second kappa shape index (κ2) is 5.39. The normalized spacial score (nSPS) is 39.3. The van der Waals surface area contributed by atoms with Gasteiger partial charge in [0.05, 0.1) is 6.07 Å². The molecule has 0 radical (unpaired) electrons. The second-order valence-corrected chi connectivity index (χ2v) is 7.63. The summed E-state index contributed by atoms with van der Waals surface area (Å²) in [4.78, 5) is 12.3. The van der Waals surface area contributed by atoms with Crippen LogP contribution in [0.25, 0.3) is 0 Å². The summed E-state index contributed by atoms with van der Waals surface area (Å²) in [6.07, 6.45) is 10.4. The van der Waals surface area contributed by atoms with Crippen molar-refractivity contribution in [3.63, 3.8) is 0 Å². The van der Waals surface area contributed by atoms with E-state index in [9.17, 15) is 4.79 Å². The number of carbonyl (C=O) groups is 1. The third-order valence-corrected chi connectivity index (χ3v) is 5.77. The predicted octanol–water partition coefficient (Wildman–Crippen LogP) is 3.40. The SMILES string of the molecule is CCCC(C#N)NC(=O)CC12CC3CC(CC(C3)C1)C2. The number of hydrogen-bond acceptors (Lipinski definition) is 2. The van der Waals surface area contributed by atoms with E-state index in [1.54, 1.807) is 0 Å². The fourth-order valence-corrected chi connectivity index (χ4v) is 5.55. The monoisotopic (exact) mass is 274 g/mol. The van der Waals surface area contributed by atoms with Crippen LogP contribution < -0.4 is 5.32 Å². The maximum absolute atomic E-state index is 12.3. The van der Waals surface area contributed by atoms with Crippen molar-refractivity contribution >= 4 is 5.91 Å². The number of carbonyl (C=O) groups excluding carboxylic acids is 1. The first-order chi connectivity index (χ1) is 9.62. The summed E-state index contributed by atoms with van der Waals surface area (Å²) < 4.78 is 0. The van der Waals surface area contributed by atoms with Gasteiger partial charge in [-0.2, -0.15) is 5.26 Å². The number of nitrogens with zero attached hydrogens (tertiary/aromatic N) is 1. The third-order valence-electron chi connectivity index (χ3n) is 5.77. The Bertz CT molecular complexity index is 388. The summed E-state index contributed by atoms with van der Waals surface area (Å²) in [5.41, 5.74) is 0.283. The molecule has 0 spiro atoms. The van der Waals surface area contributed by atoms with Crippen LogP contribution in [0, 0.1) is 34.5 Å². The molecule has 0 aliphatic heterocycles. The second-order valence-electron chi connectivity index (χ2n) is 7.63. The Balaban J connectivity index is 1.60. The summed E-state index contributed by atoms with van der Waals surface area (Å²) in [7, 11) is 0. The number of nitriles is 1. The maximum Gasteiger partial charge on any atom is 0.221 e. The Kier molecular flexibility index (Phi) is 3.75. The lowest BCUT2D eigenvalue weighted by Crippen LogP contribution is -2.48. The molecule has 4 saturated carbocycles. The molecule has 0 aromatic heterocycles. The molecule has 20 heavy (non-hydrogen) atoms. The van der Waals surface area contributed by atoms with Crippen molar-refractivity contribution in [1.82, 2.24) is 5.32 Å². The molecule has 4 rings (SSSR count). The van der Waals surface area contributed by atoms with Crippen molar-refractivity contribution < 1.29 is 4.79 Å². The van der Waals surface area contributed by atoms with Crippen LogP contribution in [0.5, 0.6) is 0 Å². The van der Waals surface area contributed by atoms with Crippen molar-refractivity contribution in [2.75, 3.05) is 0 Å². The molecule has 0 aromatic rings. The summed E-state index contributed by atoms with van der Waals surface area (Å²) >= 11 is 0. The van der Waals surface area contributed by atoms with Crippen molar-refractivity contribution in [3.8, 4) is 6.07 Å². The van der Waals surface area contributed by atoms with Gasteiger partial charge >= 0.3 is 0 Å². The van der Waals surface area contributed by atoms with E-state index in [4.69, 9.17) is 5.26 Å². The van der Waals surface area contributed by atoms with Crippen molar-refractivity contribution in [2.45, 2.75) is 70.8 Å². The lowest BCUT2D eigenvalue weighted by molar-refractivity contribution is -0.129. The van der Waals surface area contributed by atoms with Crippen LogP contribution in [0.3, 0.4) is 0 Å². The van der Waals surface area contributed by atoms with Gasteiger partial charge < -0.3 is 5.32 Å². The van der Waals surface area contributed by atoms with E-state index in [2.05, 4.69) is 18.3 Å². The molecule has 3 heteroatoms. The highest BCUT2D eigenvalue weighted by Gasteiger charge is 2.51. The molecule has 1 amide bonds. The lowest BCUT2D eigenvalue weighted by atomic mass is 9.49. The minimum Gasteiger partial charge on any atom is -0.340 e. The zero-order valence-electron chi connectivity index (χ0n) is 12.5. The first-order valence-electron chi connectivity index (χ1n) is 8.31. The molecule has 3 nitrogen and oxygen atoms in total. The number of amides is 1. The minimum absolute atomic E-state index is 0.118. The molecule has 0 heterocycles. The molecular formula is C17H26N2O. The summed E-state index contributed by atoms with van der Waals surface area (Å²) in [5.74, 6) is 2.77. The van der Waals surface area contributed by atoms with E-state index >= 15 is 0 Å². The molecular weight excluding hydrogens is 248 g/mol. The van der Waals surface area contributed by atoms with Crippen LogP contribution in [0.15, 0.2) is 0 Å². The Morgan fingerprint density at radius 2 is 1.80 bits per heavy atom. The van der Waals surface area contributed by atoms with Gasteiger partial charge in [0.25, 0.3) is 0 Å². The Morgan fingerprint density at radius 3 is 2.25 bits per heavy atom. The molecule has 1 N–H and O–H groups in total. The highest BCUT2D eigenvalue weighted by atomic mass is 16.1. The van der Waals surface area contributed by atoms with Crippen LogP contribution in [-0.4, -0.2) is 11.9 Å². The Labute approximate surface area is 122 Å². The van der Waals surface area contributed by atoms with E-state index in [0.29, 0.717) is 6.42 Å². The van der Waals surface area contributed by atoms with Crippen LogP contribution in [-0.2, 0) is 4.79 Å². The molecule has 4 fully saturated rings. The smallest absolute Gasteiger partial charge is 0.221 e. The molecule has 1 unspecified atom stereocenters. The van der Waals surface area contributed by atoms with E-state index in [-0.39, 0.29) is 17.4 Å². The average Bonchev–Trinajstić information content (AvgIpc) is 2.35. The Morgan fingerprint density at radius 1 is 1.25 bits per heavy atom. The molecule has 110 valence electrons. The van der Waals surface area contributed by atoms with Crippen molar-refractivity contribution in [1.29, 1.82) is 5.26 Å². The summed E-state index contributed by atoms with van der Waals surface area (Å²) in [6.45, 7) is 2.05. The van der Waals surface area contributed by atoms with Gasteiger partial charge in [0.15, 0.2) is 0 Å². The minimum atomic E-state index is -0.290. The number of rotatable bonds is 5. The van der Waals surface area contributed by atoms with Gasteiger partial charge in [0.1, 0.15) is 6.04 Å². The van der Waals surface area contributed by atoms with Crippen molar-refractivity contribution in [3.05, 3.63) is 0 Å². The molecule has 4 aliphatic rings.